The van der Waals surface area contributed by atoms with E-state index in [0.29, 0.717) is 31.6 Å². The fourth-order valence-corrected chi connectivity index (χ4v) is 13.1. The number of hydrogen-bond donors (Lipinski definition) is 3. The second-order valence-corrected chi connectivity index (χ2v) is 30.9. The Kier molecular flexibility index (Phi) is 65.5. The monoisotopic (exact) mass is 1380 g/mol. The summed E-state index contributed by atoms with van der Waals surface area (Å²) in [5.41, 5.74) is 0. The van der Waals surface area contributed by atoms with Crippen molar-refractivity contribution in [2.45, 2.75) is 407 Å². The Hall–Kier alpha value is -1.94. The predicted octanol–water partition coefficient (Wildman–Crippen LogP) is 21.9. The predicted molar refractivity (Wildman–Crippen MR) is 381 cm³/mol. The van der Waals surface area contributed by atoms with Crippen LogP contribution in [0, 0.1) is 11.8 Å². The van der Waals surface area contributed by atoms with Crippen LogP contribution in [0.25, 0.3) is 0 Å². The van der Waals surface area contributed by atoms with E-state index in [9.17, 15) is 43.2 Å². The van der Waals surface area contributed by atoms with Gasteiger partial charge in [0.05, 0.1) is 26.4 Å². The largest absolute Gasteiger partial charge is 0.472 e. The summed E-state index contributed by atoms with van der Waals surface area (Å²) in [6, 6.07) is 0. The second kappa shape index (κ2) is 66.9. The Bertz CT molecular complexity index is 1820. The van der Waals surface area contributed by atoms with Gasteiger partial charge in [-0.25, -0.2) is 9.13 Å². The van der Waals surface area contributed by atoms with Crippen LogP contribution in [0.4, 0.5) is 0 Å². The van der Waals surface area contributed by atoms with Gasteiger partial charge in [0.1, 0.15) is 19.3 Å². The number of ether oxygens (including phenoxy) is 4. The van der Waals surface area contributed by atoms with E-state index in [0.717, 1.165) is 102 Å². The van der Waals surface area contributed by atoms with Crippen LogP contribution in [0.2, 0.25) is 0 Å². The van der Waals surface area contributed by atoms with Gasteiger partial charge in [-0.15, -0.1) is 0 Å². The molecule has 0 rings (SSSR count). The van der Waals surface area contributed by atoms with Crippen molar-refractivity contribution >= 4 is 39.5 Å². The normalized spacial score (nSPS) is 14.0. The summed E-state index contributed by atoms with van der Waals surface area (Å²) in [6.07, 6.45) is 54.1. The van der Waals surface area contributed by atoms with Crippen molar-refractivity contribution in [3.8, 4) is 0 Å². The van der Waals surface area contributed by atoms with Gasteiger partial charge in [-0.05, 0) is 37.5 Å². The number of phosphoric acid groups is 2. The Balaban J connectivity index is 5.22. The van der Waals surface area contributed by atoms with Crippen LogP contribution in [0.15, 0.2) is 0 Å². The van der Waals surface area contributed by atoms with Gasteiger partial charge >= 0.3 is 39.5 Å². The molecule has 0 amide bonds. The third kappa shape index (κ3) is 68.6. The average Bonchev–Trinajstić information content (AvgIpc) is 1.85. The standard InChI is InChI=1S/C75H146O17P2/c1-7-9-11-13-15-17-19-25-30-33-39-45-51-57-72(77)85-63-70(91-75(80)60-54-48-41-35-31-27-24-22-21-23-26-28-32-37-43-49-55-67(3)4)65-89-93(81,82)87-61-69(76)62-88-94(83,84)90-66-71(64-86-73(78)58-52-46-42-36-38-44-50-56-68(5)6)92-74(79)59-53-47-40-34-29-20-18-16-14-12-10-8-2/h67-71,76H,7-66H2,1-6H3,(H,81,82)(H,83,84)/t69-,70-,71-/m1/s1. The Morgan fingerprint density at radius 1 is 0.287 bits per heavy atom. The highest BCUT2D eigenvalue weighted by Crippen LogP contribution is 2.45. The molecule has 558 valence electrons. The number of hydrogen-bond acceptors (Lipinski definition) is 15. The van der Waals surface area contributed by atoms with Gasteiger partial charge in [-0.3, -0.25) is 37.3 Å². The number of aliphatic hydroxyl groups is 1. The molecule has 19 heteroatoms. The summed E-state index contributed by atoms with van der Waals surface area (Å²) in [6.45, 7) is 9.57. The van der Waals surface area contributed by atoms with E-state index in [1.54, 1.807) is 0 Å². The number of aliphatic hydroxyl groups excluding tert-OH is 1. The van der Waals surface area contributed by atoms with E-state index < -0.39 is 97.5 Å². The molecule has 0 saturated carbocycles. The average molecular weight is 1380 g/mol. The van der Waals surface area contributed by atoms with Crippen LogP contribution < -0.4 is 0 Å². The van der Waals surface area contributed by atoms with Crippen molar-refractivity contribution in [3.63, 3.8) is 0 Å². The Morgan fingerprint density at radius 3 is 0.723 bits per heavy atom. The molecule has 3 N–H and O–H groups in total. The highest BCUT2D eigenvalue weighted by atomic mass is 31.2. The number of esters is 4. The summed E-state index contributed by atoms with van der Waals surface area (Å²) < 4.78 is 68.5. The highest BCUT2D eigenvalue weighted by Gasteiger charge is 2.30. The van der Waals surface area contributed by atoms with E-state index in [1.807, 2.05) is 0 Å². The SMILES string of the molecule is CCCCCCCCCCCCCCCC(=O)OC[C@H](COP(=O)(O)OC[C@@H](O)COP(=O)(O)OC[C@@H](COC(=O)CCCCCCCCCC(C)C)OC(=O)CCCCCCCCCCCCCC)OC(=O)CCCCCCCCCCCCCCCCCCC(C)C. The molecule has 0 spiro atoms. The first kappa shape index (κ1) is 92.1. The van der Waals surface area contributed by atoms with E-state index in [1.165, 1.54) is 199 Å². The third-order valence-electron chi connectivity index (χ3n) is 17.5. The number of phosphoric ester groups is 2. The second-order valence-electron chi connectivity index (χ2n) is 28.0. The minimum absolute atomic E-state index is 0.107. The zero-order valence-corrected chi connectivity index (χ0v) is 63.1. The molecule has 0 aliphatic carbocycles. The van der Waals surface area contributed by atoms with E-state index in [4.69, 9.17) is 37.0 Å². The highest BCUT2D eigenvalue weighted by molar-refractivity contribution is 7.47. The molecule has 0 aliphatic heterocycles. The maximum absolute atomic E-state index is 13.1. The van der Waals surface area contributed by atoms with Crippen LogP contribution in [0.1, 0.15) is 388 Å². The van der Waals surface area contributed by atoms with Gasteiger partial charge in [0.2, 0.25) is 0 Å². The first-order valence-electron chi connectivity index (χ1n) is 39.0. The van der Waals surface area contributed by atoms with Gasteiger partial charge in [-0.2, -0.15) is 0 Å². The van der Waals surface area contributed by atoms with Crippen molar-refractivity contribution in [2.75, 3.05) is 39.6 Å². The first-order valence-corrected chi connectivity index (χ1v) is 42.0. The number of unbranched alkanes of at least 4 members (excludes halogenated alkanes) is 44. The Morgan fingerprint density at radius 2 is 0.489 bits per heavy atom. The third-order valence-corrected chi connectivity index (χ3v) is 19.4. The molecule has 0 radical (unpaired) electrons. The summed E-state index contributed by atoms with van der Waals surface area (Å²) in [5.74, 6) is -0.601. The summed E-state index contributed by atoms with van der Waals surface area (Å²) >= 11 is 0. The van der Waals surface area contributed by atoms with Crippen molar-refractivity contribution in [1.29, 1.82) is 0 Å². The molecular weight excluding hydrogens is 1230 g/mol. The van der Waals surface area contributed by atoms with Gasteiger partial charge < -0.3 is 33.8 Å². The van der Waals surface area contributed by atoms with Crippen LogP contribution in [0.5, 0.6) is 0 Å². The lowest BCUT2D eigenvalue weighted by molar-refractivity contribution is -0.161. The topological polar surface area (TPSA) is 237 Å². The molecule has 5 atom stereocenters. The summed E-state index contributed by atoms with van der Waals surface area (Å²) in [5, 5.41) is 10.6. The first-order chi connectivity index (χ1) is 45.4. The maximum Gasteiger partial charge on any atom is 0.472 e. The zero-order valence-electron chi connectivity index (χ0n) is 61.3. The lowest BCUT2D eigenvalue weighted by atomic mass is 10.0. The maximum atomic E-state index is 13.1. The number of rotatable bonds is 74. The molecule has 0 heterocycles. The van der Waals surface area contributed by atoms with E-state index >= 15 is 0 Å². The number of carbonyl (C=O) groups is 4. The zero-order chi connectivity index (χ0) is 69.3. The summed E-state index contributed by atoms with van der Waals surface area (Å²) in [7, 11) is -9.91. The molecule has 0 saturated heterocycles. The van der Waals surface area contributed by atoms with Gasteiger partial charge in [0.25, 0.3) is 0 Å². The Labute approximate surface area is 575 Å². The molecule has 2 unspecified atom stereocenters. The minimum Gasteiger partial charge on any atom is -0.462 e. The molecular formula is C75H146O17P2. The van der Waals surface area contributed by atoms with Crippen molar-refractivity contribution in [1.82, 2.24) is 0 Å². The van der Waals surface area contributed by atoms with Crippen LogP contribution in [0.3, 0.4) is 0 Å². The summed E-state index contributed by atoms with van der Waals surface area (Å²) in [4.78, 5) is 72.7. The van der Waals surface area contributed by atoms with E-state index in [-0.39, 0.29) is 25.7 Å². The van der Waals surface area contributed by atoms with Gasteiger partial charge in [0.15, 0.2) is 12.2 Å². The molecule has 0 bridgehead atoms. The van der Waals surface area contributed by atoms with Crippen molar-refractivity contribution in [3.05, 3.63) is 0 Å². The molecule has 17 nitrogen and oxygen atoms in total. The smallest absolute Gasteiger partial charge is 0.462 e. The minimum atomic E-state index is -4.96. The van der Waals surface area contributed by atoms with Crippen molar-refractivity contribution in [2.24, 2.45) is 11.8 Å². The fourth-order valence-electron chi connectivity index (χ4n) is 11.5. The number of carbonyl (C=O) groups excluding carboxylic acids is 4. The van der Waals surface area contributed by atoms with Gasteiger partial charge in [0, 0.05) is 25.7 Å². The molecule has 0 aromatic rings. The molecule has 0 aromatic heterocycles. The van der Waals surface area contributed by atoms with Crippen molar-refractivity contribution < 1.29 is 80.2 Å². The molecule has 94 heavy (non-hydrogen) atoms. The molecule has 0 fully saturated rings. The molecule has 0 aromatic carbocycles. The lowest BCUT2D eigenvalue weighted by Gasteiger charge is -2.21. The van der Waals surface area contributed by atoms with E-state index in [2.05, 4.69) is 41.5 Å². The van der Waals surface area contributed by atoms with Crippen LogP contribution in [-0.4, -0.2) is 96.7 Å². The van der Waals surface area contributed by atoms with Crippen LogP contribution >= 0.6 is 15.6 Å². The van der Waals surface area contributed by atoms with Gasteiger partial charge in [-0.1, -0.05) is 337 Å². The fraction of sp³-hybridized carbons (Fsp3) is 0.947. The lowest BCUT2D eigenvalue weighted by Crippen LogP contribution is -2.30. The van der Waals surface area contributed by atoms with Crippen LogP contribution in [-0.2, 0) is 65.4 Å². The quantitative estimate of drug-likeness (QED) is 0.0222. The molecule has 0 aliphatic rings.